The zero-order valence-electron chi connectivity index (χ0n) is 12.8. The van der Waals surface area contributed by atoms with E-state index in [1.165, 1.54) is 0 Å². The van der Waals surface area contributed by atoms with Crippen molar-refractivity contribution in [1.82, 2.24) is 10.6 Å². The average Bonchev–Trinajstić information content (AvgIpc) is 2.55. The Hall–Kier alpha value is -2.62. The van der Waals surface area contributed by atoms with Crippen LogP contribution < -0.4 is 10.6 Å². The van der Waals surface area contributed by atoms with Crippen LogP contribution in [0.2, 0.25) is 0 Å². The Morgan fingerprint density at radius 1 is 1.00 bits per heavy atom. The lowest BCUT2D eigenvalue weighted by molar-refractivity contribution is -0.120. The highest BCUT2D eigenvalue weighted by Gasteiger charge is 2.06. The molecule has 4 nitrogen and oxygen atoms in total. The molecule has 0 bridgehead atoms. The van der Waals surface area contributed by atoms with E-state index in [4.69, 9.17) is 0 Å². The maximum atomic E-state index is 12.0. The summed E-state index contributed by atoms with van der Waals surface area (Å²) in [5, 5.41) is 5.47. The standard InChI is InChI=1S/C18H20N2O2/c1-13-5-3-4-6-16(13)11-17(21)20-12-14-7-9-15(10-8-14)18(22)19-2/h3-10H,11-12H2,1-2H3,(H,19,22)(H,20,21). The fourth-order valence-electron chi connectivity index (χ4n) is 2.16. The largest absolute Gasteiger partial charge is 0.355 e. The number of aryl methyl sites for hydroxylation is 1. The summed E-state index contributed by atoms with van der Waals surface area (Å²) in [7, 11) is 1.60. The molecule has 0 saturated heterocycles. The van der Waals surface area contributed by atoms with Crippen molar-refractivity contribution in [2.75, 3.05) is 7.05 Å². The van der Waals surface area contributed by atoms with Crippen molar-refractivity contribution in [3.63, 3.8) is 0 Å². The molecular weight excluding hydrogens is 276 g/mol. The van der Waals surface area contributed by atoms with Crippen LogP contribution in [0.3, 0.4) is 0 Å². The molecule has 0 unspecified atom stereocenters. The quantitative estimate of drug-likeness (QED) is 0.889. The molecule has 2 aromatic carbocycles. The zero-order valence-corrected chi connectivity index (χ0v) is 12.8. The number of carbonyl (C=O) groups excluding carboxylic acids is 2. The molecule has 2 aromatic rings. The van der Waals surface area contributed by atoms with Gasteiger partial charge in [-0.05, 0) is 35.7 Å². The van der Waals surface area contributed by atoms with E-state index in [1.807, 2.05) is 43.3 Å². The second-order valence-electron chi connectivity index (χ2n) is 5.16. The minimum Gasteiger partial charge on any atom is -0.355 e. The van der Waals surface area contributed by atoms with Gasteiger partial charge in [-0.15, -0.1) is 0 Å². The molecule has 4 heteroatoms. The van der Waals surface area contributed by atoms with E-state index < -0.39 is 0 Å². The Bertz CT molecular complexity index is 663. The molecule has 0 fully saturated rings. The van der Waals surface area contributed by atoms with Gasteiger partial charge < -0.3 is 10.6 Å². The highest BCUT2D eigenvalue weighted by Crippen LogP contribution is 2.08. The smallest absolute Gasteiger partial charge is 0.251 e. The summed E-state index contributed by atoms with van der Waals surface area (Å²) in [6.07, 6.45) is 0.378. The third-order valence-electron chi connectivity index (χ3n) is 3.55. The Balaban J connectivity index is 1.89. The summed E-state index contributed by atoms with van der Waals surface area (Å²) < 4.78 is 0. The lowest BCUT2D eigenvalue weighted by Crippen LogP contribution is -2.25. The van der Waals surface area contributed by atoms with E-state index in [1.54, 1.807) is 19.2 Å². The van der Waals surface area contributed by atoms with Gasteiger partial charge in [0.15, 0.2) is 0 Å². The first-order chi connectivity index (χ1) is 10.6. The van der Waals surface area contributed by atoms with Crippen molar-refractivity contribution in [2.45, 2.75) is 19.9 Å². The number of amides is 2. The van der Waals surface area contributed by atoms with Crippen molar-refractivity contribution in [3.05, 3.63) is 70.8 Å². The van der Waals surface area contributed by atoms with Crippen LogP contribution in [0.25, 0.3) is 0 Å². The maximum Gasteiger partial charge on any atom is 0.251 e. The zero-order chi connectivity index (χ0) is 15.9. The second-order valence-corrected chi connectivity index (χ2v) is 5.16. The summed E-state index contributed by atoms with van der Waals surface area (Å²) >= 11 is 0. The average molecular weight is 296 g/mol. The Morgan fingerprint density at radius 3 is 2.32 bits per heavy atom. The normalized spacial score (nSPS) is 10.1. The first-order valence-corrected chi connectivity index (χ1v) is 7.22. The highest BCUT2D eigenvalue weighted by molar-refractivity contribution is 5.93. The molecule has 0 aliphatic heterocycles. The summed E-state index contributed by atoms with van der Waals surface area (Å²) in [5.74, 6) is -0.125. The molecule has 0 radical (unpaired) electrons. The number of hydrogen-bond donors (Lipinski definition) is 2. The lowest BCUT2D eigenvalue weighted by Gasteiger charge is -2.08. The molecule has 2 amide bonds. The van der Waals surface area contributed by atoms with Crippen LogP contribution in [0, 0.1) is 6.92 Å². The fourth-order valence-corrected chi connectivity index (χ4v) is 2.16. The van der Waals surface area contributed by atoms with Gasteiger partial charge in [-0.1, -0.05) is 36.4 Å². The molecule has 2 rings (SSSR count). The second kappa shape index (κ2) is 7.41. The molecular formula is C18H20N2O2. The molecule has 0 aromatic heterocycles. The van der Waals surface area contributed by atoms with Crippen LogP contribution in [0.1, 0.15) is 27.0 Å². The minimum absolute atomic E-state index is 0.00956. The summed E-state index contributed by atoms with van der Waals surface area (Å²) in [5.41, 5.74) is 3.73. The van der Waals surface area contributed by atoms with Crippen molar-refractivity contribution >= 4 is 11.8 Å². The van der Waals surface area contributed by atoms with Crippen LogP contribution >= 0.6 is 0 Å². The Labute approximate surface area is 130 Å². The molecule has 114 valence electrons. The molecule has 0 heterocycles. The Kier molecular flexibility index (Phi) is 5.31. The van der Waals surface area contributed by atoms with E-state index in [2.05, 4.69) is 10.6 Å². The van der Waals surface area contributed by atoms with Gasteiger partial charge in [0.05, 0.1) is 6.42 Å². The third-order valence-corrected chi connectivity index (χ3v) is 3.55. The lowest BCUT2D eigenvalue weighted by atomic mass is 10.1. The van der Waals surface area contributed by atoms with E-state index in [-0.39, 0.29) is 11.8 Å². The van der Waals surface area contributed by atoms with Gasteiger partial charge in [0, 0.05) is 19.2 Å². The third kappa shape index (κ3) is 4.19. The molecule has 0 spiro atoms. The first-order valence-electron chi connectivity index (χ1n) is 7.22. The van der Waals surface area contributed by atoms with Crippen molar-refractivity contribution in [1.29, 1.82) is 0 Å². The van der Waals surface area contributed by atoms with Crippen LogP contribution in [0.5, 0.6) is 0 Å². The van der Waals surface area contributed by atoms with Crippen LogP contribution in [-0.4, -0.2) is 18.9 Å². The molecule has 0 aliphatic rings. The molecule has 0 aliphatic carbocycles. The summed E-state index contributed by atoms with van der Waals surface area (Å²) in [4.78, 5) is 23.4. The Morgan fingerprint density at radius 2 is 1.68 bits per heavy atom. The molecule has 2 N–H and O–H groups in total. The number of hydrogen-bond acceptors (Lipinski definition) is 2. The first kappa shape index (κ1) is 15.8. The van der Waals surface area contributed by atoms with E-state index in [0.717, 1.165) is 16.7 Å². The number of carbonyl (C=O) groups is 2. The number of rotatable bonds is 5. The van der Waals surface area contributed by atoms with Gasteiger partial charge in [0.2, 0.25) is 5.91 Å². The van der Waals surface area contributed by atoms with Gasteiger partial charge in [-0.25, -0.2) is 0 Å². The number of nitrogens with one attached hydrogen (secondary N) is 2. The molecule has 22 heavy (non-hydrogen) atoms. The van der Waals surface area contributed by atoms with Crippen molar-refractivity contribution in [2.24, 2.45) is 0 Å². The van der Waals surface area contributed by atoms with Crippen molar-refractivity contribution in [3.8, 4) is 0 Å². The SMILES string of the molecule is CNC(=O)c1ccc(CNC(=O)Cc2ccccc2C)cc1. The predicted octanol–water partition coefficient (Wildman–Crippen LogP) is 2.21. The monoisotopic (exact) mass is 296 g/mol. The molecule has 0 saturated carbocycles. The predicted molar refractivity (Wildman–Crippen MR) is 86.6 cm³/mol. The van der Waals surface area contributed by atoms with Gasteiger partial charge in [0.25, 0.3) is 5.91 Å². The van der Waals surface area contributed by atoms with Crippen LogP contribution in [0.15, 0.2) is 48.5 Å². The van der Waals surface area contributed by atoms with Gasteiger partial charge >= 0.3 is 0 Å². The van der Waals surface area contributed by atoms with Crippen LogP contribution in [0.4, 0.5) is 0 Å². The van der Waals surface area contributed by atoms with Crippen LogP contribution in [-0.2, 0) is 17.8 Å². The van der Waals surface area contributed by atoms with Gasteiger partial charge in [-0.3, -0.25) is 9.59 Å². The fraction of sp³-hybridized carbons (Fsp3) is 0.222. The van der Waals surface area contributed by atoms with Gasteiger partial charge in [0.1, 0.15) is 0 Å². The maximum absolute atomic E-state index is 12.0. The van der Waals surface area contributed by atoms with Gasteiger partial charge in [-0.2, -0.15) is 0 Å². The molecule has 0 atom stereocenters. The van der Waals surface area contributed by atoms with E-state index in [9.17, 15) is 9.59 Å². The topological polar surface area (TPSA) is 58.2 Å². The van der Waals surface area contributed by atoms with E-state index in [0.29, 0.717) is 18.5 Å². The highest BCUT2D eigenvalue weighted by atomic mass is 16.2. The summed E-state index contributed by atoms with van der Waals surface area (Å²) in [6.45, 7) is 2.46. The summed E-state index contributed by atoms with van der Waals surface area (Å²) in [6, 6.07) is 15.1. The van der Waals surface area contributed by atoms with Crippen molar-refractivity contribution < 1.29 is 9.59 Å². The minimum atomic E-state index is -0.116. The van der Waals surface area contributed by atoms with E-state index >= 15 is 0 Å². The number of benzene rings is 2.